The van der Waals surface area contributed by atoms with E-state index in [1.165, 1.54) is 11.8 Å². The van der Waals surface area contributed by atoms with Crippen molar-refractivity contribution in [2.45, 2.75) is 36.1 Å². The molecule has 3 rings (SSSR count). The van der Waals surface area contributed by atoms with E-state index in [-0.39, 0.29) is 6.04 Å². The molecule has 3 heterocycles. The zero-order valence-corrected chi connectivity index (χ0v) is 12.0. The Bertz CT molecular complexity index is 692. The molecule has 6 heteroatoms. The fourth-order valence-corrected chi connectivity index (χ4v) is 2.85. The average Bonchev–Trinajstić information content (AvgIpc) is 3.08. The Balaban J connectivity index is 2.02. The Kier molecular flexibility index (Phi) is 3.75. The zero-order chi connectivity index (χ0) is 13.9. The van der Waals surface area contributed by atoms with Gasteiger partial charge < -0.3 is 14.6 Å². The minimum Gasteiger partial charge on any atom is -0.440 e. The molecule has 5 nitrogen and oxygen atoms in total. The fourth-order valence-electron chi connectivity index (χ4n) is 2.03. The lowest BCUT2D eigenvalue weighted by molar-refractivity contribution is 0.454. The van der Waals surface area contributed by atoms with Crippen LogP contribution in [0, 0.1) is 0 Å². The Morgan fingerprint density at radius 1 is 1.45 bits per heavy atom. The smallest absolute Gasteiger partial charge is 0.262 e. The molecule has 20 heavy (non-hydrogen) atoms. The highest BCUT2D eigenvalue weighted by atomic mass is 32.2. The van der Waals surface area contributed by atoms with Crippen molar-refractivity contribution >= 4 is 17.4 Å². The van der Waals surface area contributed by atoms with Gasteiger partial charge in [-0.15, -0.1) is 0 Å². The number of fused-ring (bicyclic) bond motifs is 1. The van der Waals surface area contributed by atoms with Crippen molar-refractivity contribution in [2.24, 2.45) is 5.73 Å². The second kappa shape index (κ2) is 5.68. The molecule has 0 aliphatic carbocycles. The number of imidazole rings is 1. The van der Waals surface area contributed by atoms with Gasteiger partial charge in [-0.3, -0.25) is 0 Å². The van der Waals surface area contributed by atoms with Crippen molar-refractivity contribution < 1.29 is 4.42 Å². The highest BCUT2D eigenvalue weighted by Gasteiger charge is 2.17. The second-order valence-corrected chi connectivity index (χ2v) is 5.51. The van der Waals surface area contributed by atoms with Crippen molar-refractivity contribution in [3.63, 3.8) is 0 Å². The van der Waals surface area contributed by atoms with Gasteiger partial charge >= 0.3 is 0 Å². The topological polar surface area (TPSA) is 69.3 Å². The van der Waals surface area contributed by atoms with E-state index >= 15 is 0 Å². The molecule has 0 amide bonds. The van der Waals surface area contributed by atoms with Crippen molar-refractivity contribution in [3.05, 3.63) is 42.5 Å². The van der Waals surface area contributed by atoms with Crippen molar-refractivity contribution in [2.75, 3.05) is 0 Å². The maximum Gasteiger partial charge on any atom is 0.262 e. The Labute approximate surface area is 121 Å². The predicted molar refractivity (Wildman–Crippen MR) is 77.8 cm³/mol. The molecule has 0 aliphatic heterocycles. The van der Waals surface area contributed by atoms with Crippen LogP contribution < -0.4 is 5.73 Å². The van der Waals surface area contributed by atoms with Gasteiger partial charge in [0, 0.05) is 18.7 Å². The maximum atomic E-state index is 6.11. The van der Waals surface area contributed by atoms with E-state index in [1.54, 1.807) is 12.5 Å². The summed E-state index contributed by atoms with van der Waals surface area (Å²) < 4.78 is 7.38. The molecule has 0 saturated heterocycles. The largest absolute Gasteiger partial charge is 0.440 e. The number of nitrogens with two attached hydrogens (primary N) is 1. The summed E-state index contributed by atoms with van der Waals surface area (Å²) in [6.07, 6.45) is 6.93. The first kappa shape index (κ1) is 13.2. The number of rotatable bonds is 5. The van der Waals surface area contributed by atoms with Gasteiger partial charge in [0.2, 0.25) is 0 Å². The summed E-state index contributed by atoms with van der Waals surface area (Å²) in [6, 6.07) is 6.08. The summed E-state index contributed by atoms with van der Waals surface area (Å²) in [6.45, 7) is 2.09. The molecule has 3 aromatic rings. The van der Waals surface area contributed by atoms with Crippen molar-refractivity contribution in [3.8, 4) is 0 Å². The Morgan fingerprint density at radius 2 is 2.35 bits per heavy atom. The average molecular weight is 288 g/mol. The summed E-state index contributed by atoms with van der Waals surface area (Å²) in [5.74, 6) is 0. The lowest BCUT2D eigenvalue weighted by Gasteiger charge is -2.09. The van der Waals surface area contributed by atoms with E-state index < -0.39 is 0 Å². The van der Waals surface area contributed by atoms with E-state index in [9.17, 15) is 0 Å². The molecule has 3 aromatic heterocycles. The lowest BCUT2D eigenvalue weighted by Crippen LogP contribution is -2.22. The van der Waals surface area contributed by atoms with Crippen LogP contribution >= 0.6 is 11.8 Å². The van der Waals surface area contributed by atoms with Gasteiger partial charge in [-0.1, -0.05) is 13.0 Å². The van der Waals surface area contributed by atoms with Gasteiger partial charge in [0.1, 0.15) is 16.9 Å². The maximum absolute atomic E-state index is 6.11. The first-order valence-electron chi connectivity index (χ1n) is 6.57. The van der Waals surface area contributed by atoms with Gasteiger partial charge in [0.15, 0.2) is 0 Å². The van der Waals surface area contributed by atoms with Crippen LogP contribution in [-0.2, 0) is 6.42 Å². The third kappa shape index (κ3) is 2.57. The predicted octanol–water partition coefficient (Wildman–Crippen LogP) is 2.75. The molecule has 1 unspecified atom stereocenters. The molecular formula is C14H16N4OS. The van der Waals surface area contributed by atoms with E-state index in [4.69, 9.17) is 10.2 Å². The molecule has 0 bridgehead atoms. The first-order chi connectivity index (χ1) is 9.78. The molecular weight excluding hydrogens is 272 g/mol. The summed E-state index contributed by atoms with van der Waals surface area (Å²) in [5.41, 5.74) is 8.13. The van der Waals surface area contributed by atoms with Crippen LogP contribution in [0.5, 0.6) is 0 Å². The minimum atomic E-state index is 0.124. The van der Waals surface area contributed by atoms with Gasteiger partial charge in [-0.2, -0.15) is 0 Å². The molecule has 0 aromatic carbocycles. The monoisotopic (exact) mass is 288 g/mol. The first-order valence-corrected chi connectivity index (χ1v) is 7.38. The van der Waals surface area contributed by atoms with Crippen LogP contribution in [0.4, 0.5) is 0 Å². The van der Waals surface area contributed by atoms with Gasteiger partial charge in [0.25, 0.3) is 5.22 Å². The van der Waals surface area contributed by atoms with E-state index in [0.717, 1.165) is 29.2 Å². The summed E-state index contributed by atoms with van der Waals surface area (Å²) >= 11 is 1.43. The Morgan fingerprint density at radius 3 is 3.10 bits per heavy atom. The van der Waals surface area contributed by atoms with Crippen LogP contribution in [-0.4, -0.2) is 20.4 Å². The molecule has 2 N–H and O–H groups in total. The standard InChI is InChI=1S/C14H16N4OS/c1-2-10(15)9-11-13(20-14-16-6-8-19-14)17-12-5-3-4-7-18(11)12/h3-8,10H,2,9,15H2,1H3. The van der Waals surface area contributed by atoms with Crippen LogP contribution in [0.25, 0.3) is 5.65 Å². The number of hydrogen-bond acceptors (Lipinski definition) is 5. The molecule has 104 valence electrons. The van der Waals surface area contributed by atoms with Crippen LogP contribution in [0.2, 0.25) is 0 Å². The van der Waals surface area contributed by atoms with E-state index in [1.807, 2.05) is 24.4 Å². The third-order valence-corrected chi connectivity index (χ3v) is 4.06. The molecule has 0 fully saturated rings. The van der Waals surface area contributed by atoms with Crippen LogP contribution in [0.15, 0.2) is 51.5 Å². The number of nitrogens with zero attached hydrogens (tertiary/aromatic N) is 3. The minimum absolute atomic E-state index is 0.124. The summed E-state index contributed by atoms with van der Waals surface area (Å²) in [5, 5.41) is 1.50. The summed E-state index contributed by atoms with van der Waals surface area (Å²) in [4.78, 5) is 8.78. The quantitative estimate of drug-likeness (QED) is 0.781. The van der Waals surface area contributed by atoms with Crippen molar-refractivity contribution in [1.82, 2.24) is 14.4 Å². The molecule has 0 aliphatic rings. The van der Waals surface area contributed by atoms with E-state index in [0.29, 0.717) is 5.22 Å². The SMILES string of the molecule is CCC(N)Cc1c(Sc2ncco2)nc2ccccn12. The number of hydrogen-bond donors (Lipinski definition) is 1. The van der Waals surface area contributed by atoms with E-state index in [2.05, 4.69) is 21.3 Å². The molecule has 1 atom stereocenters. The van der Waals surface area contributed by atoms with Gasteiger partial charge in [-0.05, 0) is 30.3 Å². The molecule has 0 saturated carbocycles. The van der Waals surface area contributed by atoms with Crippen LogP contribution in [0.3, 0.4) is 0 Å². The van der Waals surface area contributed by atoms with Crippen molar-refractivity contribution in [1.29, 1.82) is 0 Å². The fraction of sp³-hybridized carbons (Fsp3) is 0.286. The lowest BCUT2D eigenvalue weighted by atomic mass is 10.1. The molecule has 0 spiro atoms. The van der Waals surface area contributed by atoms with Gasteiger partial charge in [-0.25, -0.2) is 9.97 Å². The number of oxazole rings is 1. The van der Waals surface area contributed by atoms with Crippen LogP contribution in [0.1, 0.15) is 19.0 Å². The van der Waals surface area contributed by atoms with Gasteiger partial charge in [0.05, 0.1) is 11.9 Å². The number of pyridine rings is 1. The highest BCUT2D eigenvalue weighted by Crippen LogP contribution is 2.30. The zero-order valence-electron chi connectivity index (χ0n) is 11.2. The second-order valence-electron chi connectivity index (χ2n) is 4.57. The third-order valence-electron chi connectivity index (χ3n) is 3.17. The Hall–Kier alpha value is -1.79. The highest BCUT2D eigenvalue weighted by molar-refractivity contribution is 7.99. The summed E-state index contributed by atoms with van der Waals surface area (Å²) in [7, 11) is 0. The number of aromatic nitrogens is 3. The molecule has 0 radical (unpaired) electrons. The normalized spacial score (nSPS) is 12.9.